The van der Waals surface area contributed by atoms with Crippen LogP contribution in [-0.2, 0) is 6.67 Å². The number of nitrogens with zero attached hydrogens (tertiary/aromatic N) is 6. The Hall–Kier alpha value is -2.77. The van der Waals surface area contributed by atoms with Crippen LogP contribution in [0, 0.1) is 11.7 Å². The number of anilines is 1. The third-order valence-corrected chi connectivity index (χ3v) is 5.85. The quantitative estimate of drug-likeness (QED) is 0.501. The number of piperazine rings is 1. The number of hydrogen-bond donors (Lipinski definition) is 0. The highest BCUT2D eigenvalue weighted by atomic mass is 32.1. The number of aryl methyl sites for hydroxylation is 1. The van der Waals surface area contributed by atoms with E-state index in [2.05, 4.69) is 62.5 Å². The van der Waals surface area contributed by atoms with Crippen LogP contribution in [-0.4, -0.2) is 50.2 Å². The molecule has 0 aliphatic carbocycles. The van der Waals surface area contributed by atoms with E-state index in [0.717, 1.165) is 47.9 Å². The minimum atomic E-state index is 0.712. The van der Waals surface area contributed by atoms with Crippen molar-refractivity contribution in [1.82, 2.24) is 24.1 Å². The van der Waals surface area contributed by atoms with Crippen molar-refractivity contribution in [2.45, 2.75) is 13.6 Å². The Bertz CT molecular complexity index is 1190. The van der Waals surface area contributed by atoms with E-state index in [1.54, 1.807) is 0 Å². The molecule has 0 bridgehead atoms. The van der Waals surface area contributed by atoms with Gasteiger partial charge in [-0.1, -0.05) is 24.3 Å². The summed E-state index contributed by atoms with van der Waals surface area (Å²) in [6.07, 6.45) is 1.85. The zero-order chi connectivity index (χ0) is 19.1. The fourth-order valence-corrected chi connectivity index (χ4v) is 4.25. The Morgan fingerprint density at radius 1 is 1.00 bits per heavy atom. The van der Waals surface area contributed by atoms with Gasteiger partial charge in [0.1, 0.15) is 5.82 Å². The molecule has 4 aromatic rings. The van der Waals surface area contributed by atoms with Crippen LogP contribution < -0.4 is 4.90 Å². The Labute approximate surface area is 168 Å². The van der Waals surface area contributed by atoms with Gasteiger partial charge in [0, 0.05) is 37.8 Å². The maximum absolute atomic E-state index is 5.78. The highest BCUT2D eigenvalue weighted by Gasteiger charge is 2.19. The zero-order valence-electron chi connectivity index (χ0n) is 15.8. The van der Waals surface area contributed by atoms with E-state index in [4.69, 9.17) is 17.3 Å². The second kappa shape index (κ2) is 7.00. The minimum Gasteiger partial charge on any atom is -0.354 e. The second-order valence-electron chi connectivity index (χ2n) is 7.25. The molecule has 1 fully saturated rings. The van der Waals surface area contributed by atoms with Crippen LogP contribution in [0.25, 0.3) is 16.6 Å². The van der Waals surface area contributed by atoms with Crippen molar-refractivity contribution in [2.75, 3.05) is 31.1 Å². The SMILES string of the molecule is Cc1cc2nn(CN3CCN(c4ccccn4)CC3)c(=S)n2c2ccccc12. The highest BCUT2D eigenvalue weighted by Crippen LogP contribution is 2.21. The lowest BCUT2D eigenvalue weighted by Gasteiger charge is -2.35. The van der Waals surface area contributed by atoms with Crippen LogP contribution in [0.1, 0.15) is 5.56 Å². The van der Waals surface area contributed by atoms with E-state index in [1.165, 1.54) is 10.9 Å². The molecule has 0 N–H and O–H groups in total. The molecule has 1 aliphatic heterocycles. The van der Waals surface area contributed by atoms with Gasteiger partial charge in [-0.25, -0.2) is 9.67 Å². The number of para-hydroxylation sites is 1. The third kappa shape index (κ3) is 2.96. The fraction of sp³-hybridized carbons (Fsp3) is 0.286. The highest BCUT2D eigenvalue weighted by molar-refractivity contribution is 7.71. The predicted molar refractivity (Wildman–Crippen MR) is 114 cm³/mol. The summed E-state index contributed by atoms with van der Waals surface area (Å²) in [5.74, 6) is 1.05. The minimum absolute atomic E-state index is 0.712. The van der Waals surface area contributed by atoms with Crippen molar-refractivity contribution < 1.29 is 0 Å². The van der Waals surface area contributed by atoms with Crippen LogP contribution in [0.2, 0.25) is 0 Å². The predicted octanol–water partition coefficient (Wildman–Crippen LogP) is 3.50. The fourth-order valence-electron chi connectivity index (χ4n) is 3.96. The lowest BCUT2D eigenvalue weighted by atomic mass is 10.1. The molecule has 0 amide bonds. The first-order valence-electron chi connectivity index (χ1n) is 9.57. The first-order valence-corrected chi connectivity index (χ1v) is 9.98. The summed E-state index contributed by atoms with van der Waals surface area (Å²) >= 11 is 5.78. The average molecular weight is 391 g/mol. The molecule has 5 rings (SSSR count). The van der Waals surface area contributed by atoms with Crippen molar-refractivity contribution in [3.8, 4) is 0 Å². The summed E-state index contributed by atoms with van der Waals surface area (Å²) in [6.45, 7) is 6.68. The van der Waals surface area contributed by atoms with Crippen LogP contribution in [0.4, 0.5) is 5.82 Å². The number of aromatic nitrogens is 4. The van der Waals surface area contributed by atoms with E-state index < -0.39 is 0 Å². The average Bonchev–Trinajstić information content (AvgIpc) is 3.04. The van der Waals surface area contributed by atoms with Gasteiger partial charge in [0.2, 0.25) is 4.77 Å². The van der Waals surface area contributed by atoms with Crippen molar-refractivity contribution in [3.63, 3.8) is 0 Å². The van der Waals surface area contributed by atoms with Gasteiger partial charge in [-0.05, 0) is 49.0 Å². The third-order valence-electron chi connectivity index (χ3n) is 5.46. The van der Waals surface area contributed by atoms with Crippen molar-refractivity contribution in [2.24, 2.45) is 0 Å². The molecule has 4 heterocycles. The Morgan fingerprint density at radius 2 is 1.79 bits per heavy atom. The first kappa shape index (κ1) is 17.3. The van der Waals surface area contributed by atoms with Crippen LogP contribution in [0.15, 0.2) is 54.7 Å². The first-order chi connectivity index (χ1) is 13.7. The molecule has 7 heteroatoms. The molecule has 28 heavy (non-hydrogen) atoms. The monoisotopic (exact) mass is 390 g/mol. The maximum Gasteiger partial charge on any atom is 0.204 e. The van der Waals surface area contributed by atoms with Crippen molar-refractivity contribution in [3.05, 3.63) is 65.1 Å². The molecule has 0 saturated carbocycles. The molecular weight excluding hydrogens is 368 g/mol. The zero-order valence-corrected chi connectivity index (χ0v) is 16.6. The summed E-state index contributed by atoms with van der Waals surface area (Å²) in [4.78, 5) is 9.19. The number of benzene rings is 1. The molecule has 6 nitrogen and oxygen atoms in total. The van der Waals surface area contributed by atoms with Gasteiger partial charge in [-0.15, -0.1) is 0 Å². The van der Waals surface area contributed by atoms with Crippen LogP contribution in [0.3, 0.4) is 0 Å². The topological polar surface area (TPSA) is 41.6 Å². The van der Waals surface area contributed by atoms with Crippen LogP contribution in [0.5, 0.6) is 0 Å². The van der Waals surface area contributed by atoms with E-state index in [9.17, 15) is 0 Å². The van der Waals surface area contributed by atoms with Gasteiger partial charge in [-0.2, -0.15) is 5.10 Å². The van der Waals surface area contributed by atoms with Crippen LogP contribution >= 0.6 is 12.2 Å². The maximum atomic E-state index is 5.78. The standard InChI is InChI=1S/C21H22N6S/c1-16-14-20-23-26(21(28)27(20)18-7-3-2-6-17(16)18)15-24-10-12-25(13-11-24)19-8-4-5-9-22-19/h2-9,14H,10-13,15H2,1H3. The van der Waals surface area contributed by atoms with Gasteiger partial charge in [0.15, 0.2) is 5.65 Å². The summed E-state index contributed by atoms with van der Waals surface area (Å²) in [5, 5.41) is 6.02. The molecule has 0 atom stereocenters. The Morgan fingerprint density at radius 3 is 2.57 bits per heavy atom. The van der Waals surface area contributed by atoms with E-state index in [1.807, 2.05) is 23.0 Å². The molecule has 0 spiro atoms. The molecule has 0 unspecified atom stereocenters. The normalized spacial score (nSPS) is 15.5. The van der Waals surface area contributed by atoms with E-state index in [0.29, 0.717) is 6.67 Å². The smallest absolute Gasteiger partial charge is 0.204 e. The van der Waals surface area contributed by atoms with Gasteiger partial charge < -0.3 is 4.90 Å². The summed E-state index contributed by atoms with van der Waals surface area (Å²) in [6, 6.07) is 16.6. The number of pyridine rings is 2. The molecular formula is C21H22N6S. The molecule has 1 aromatic carbocycles. The molecule has 0 radical (unpaired) electrons. The molecule has 142 valence electrons. The lowest BCUT2D eigenvalue weighted by molar-refractivity contribution is 0.194. The lowest BCUT2D eigenvalue weighted by Crippen LogP contribution is -2.47. The second-order valence-corrected chi connectivity index (χ2v) is 7.62. The number of fused-ring (bicyclic) bond motifs is 3. The summed E-state index contributed by atoms with van der Waals surface area (Å²) in [5.41, 5.74) is 3.25. The van der Waals surface area contributed by atoms with Crippen molar-refractivity contribution in [1.29, 1.82) is 0 Å². The van der Waals surface area contributed by atoms with E-state index >= 15 is 0 Å². The van der Waals surface area contributed by atoms with Gasteiger partial charge in [0.05, 0.1) is 12.2 Å². The van der Waals surface area contributed by atoms with Gasteiger partial charge in [-0.3, -0.25) is 9.30 Å². The van der Waals surface area contributed by atoms with Gasteiger partial charge >= 0.3 is 0 Å². The van der Waals surface area contributed by atoms with E-state index in [-0.39, 0.29) is 0 Å². The number of hydrogen-bond acceptors (Lipinski definition) is 5. The molecule has 1 saturated heterocycles. The van der Waals surface area contributed by atoms with Gasteiger partial charge in [0.25, 0.3) is 0 Å². The Kier molecular flexibility index (Phi) is 4.33. The summed E-state index contributed by atoms with van der Waals surface area (Å²) < 4.78 is 4.78. The number of rotatable bonds is 3. The largest absolute Gasteiger partial charge is 0.354 e. The van der Waals surface area contributed by atoms with Crippen molar-refractivity contribution >= 4 is 34.6 Å². The molecule has 1 aliphatic rings. The summed E-state index contributed by atoms with van der Waals surface area (Å²) in [7, 11) is 0. The Balaban J connectivity index is 1.40. The molecule has 3 aromatic heterocycles.